The second-order valence-corrected chi connectivity index (χ2v) is 21.4. The number of anilines is 4. The largest absolute Gasteiger partial charge is 0.471 e. The lowest BCUT2D eigenvalue weighted by atomic mass is 9.68. The molecule has 0 unspecified atom stereocenters. The Morgan fingerprint density at radius 3 is 2.43 bits per heavy atom. The standard InChI is InChI=1S/C50H56ClF3N8O7S/c1-31-29-61(45-25-34-14-17-55-46(34)57-48(45)69-31)43-26-38(9-12-41(43)47(63)58-70(66,67)39-10-13-42(44(27-39)62(64)65)56-28-32-15-22-68-23-16-32)60-20-18-59(19-21-60)30-35-24-36(49(2,3)50(52,53)54)6-11-40(35)33-4-7-37(51)8-5-33/h4-5,7-10,12-14,17,25-27,31-32,36,56H,6,11,15-16,18-24,28-30H2,1-3H3,(H,55,57)(H,58,63)/t31-,36+/m1/s1. The maximum atomic E-state index is 14.4. The van der Waals surface area contributed by atoms with Gasteiger partial charge in [-0.2, -0.15) is 18.2 Å². The van der Waals surface area contributed by atoms with Gasteiger partial charge in [-0.3, -0.25) is 19.8 Å². The lowest BCUT2D eigenvalue weighted by Gasteiger charge is -2.42. The van der Waals surface area contributed by atoms with Crippen molar-refractivity contribution in [1.82, 2.24) is 19.6 Å². The van der Waals surface area contributed by atoms with Crippen molar-refractivity contribution in [2.45, 2.75) is 70.1 Å². The van der Waals surface area contributed by atoms with Crippen molar-refractivity contribution in [3.63, 3.8) is 0 Å². The molecule has 0 radical (unpaired) electrons. The molecule has 15 nitrogen and oxygen atoms in total. The predicted octanol–water partition coefficient (Wildman–Crippen LogP) is 9.97. The van der Waals surface area contributed by atoms with Crippen molar-refractivity contribution < 1.29 is 40.8 Å². The fraction of sp³-hybridized carbons (Fsp3) is 0.440. The molecule has 70 heavy (non-hydrogen) atoms. The van der Waals surface area contributed by atoms with E-state index in [0.717, 1.165) is 46.7 Å². The zero-order chi connectivity index (χ0) is 49.5. The zero-order valence-electron chi connectivity index (χ0n) is 39.2. The van der Waals surface area contributed by atoms with Gasteiger partial charge in [-0.05, 0) is 117 Å². The number of aromatic nitrogens is 2. The van der Waals surface area contributed by atoms with Gasteiger partial charge >= 0.3 is 6.18 Å². The molecule has 0 spiro atoms. The minimum absolute atomic E-state index is 0.0275. The van der Waals surface area contributed by atoms with E-state index < -0.39 is 55.0 Å². The number of halogens is 4. The van der Waals surface area contributed by atoms with Gasteiger partial charge in [-0.25, -0.2) is 13.1 Å². The Hall–Kier alpha value is -5.89. The van der Waals surface area contributed by atoms with Crippen LogP contribution in [0.1, 0.15) is 68.8 Å². The molecule has 5 aromatic rings. The highest BCUT2D eigenvalue weighted by Crippen LogP contribution is 2.51. The van der Waals surface area contributed by atoms with Crippen LogP contribution in [0.5, 0.6) is 5.88 Å². The van der Waals surface area contributed by atoms with Gasteiger partial charge in [0.2, 0.25) is 5.88 Å². The summed E-state index contributed by atoms with van der Waals surface area (Å²) in [6.45, 7) is 9.23. The molecule has 3 N–H and O–H groups in total. The Bertz CT molecular complexity index is 2920. The highest BCUT2D eigenvalue weighted by atomic mass is 35.5. The van der Waals surface area contributed by atoms with Crippen LogP contribution in [0.4, 0.5) is 41.6 Å². The monoisotopic (exact) mass is 1000 g/mol. The van der Waals surface area contributed by atoms with Gasteiger partial charge in [0.05, 0.1) is 33.0 Å². The van der Waals surface area contributed by atoms with Gasteiger partial charge < -0.3 is 29.6 Å². The fourth-order valence-electron chi connectivity index (χ4n) is 10.1. The fourth-order valence-corrected chi connectivity index (χ4v) is 11.2. The number of nitrogens with one attached hydrogen (secondary N) is 3. The van der Waals surface area contributed by atoms with E-state index in [4.69, 9.17) is 26.1 Å². The number of alkyl halides is 3. The van der Waals surface area contributed by atoms with Gasteiger partial charge in [-0.1, -0.05) is 43.2 Å². The van der Waals surface area contributed by atoms with E-state index in [9.17, 15) is 36.5 Å². The predicted molar refractivity (Wildman–Crippen MR) is 264 cm³/mol. The highest BCUT2D eigenvalue weighted by Gasteiger charge is 2.52. The molecule has 2 atom stereocenters. The summed E-state index contributed by atoms with van der Waals surface area (Å²) in [6, 6.07) is 19.9. The number of rotatable bonds is 13. The van der Waals surface area contributed by atoms with E-state index in [-0.39, 0.29) is 23.7 Å². The number of hydrogen-bond acceptors (Lipinski definition) is 12. The number of H-pyrrole nitrogens is 1. The third kappa shape index (κ3) is 10.3. The second kappa shape index (κ2) is 19.7. The minimum atomic E-state index is -4.64. The van der Waals surface area contributed by atoms with E-state index in [1.54, 1.807) is 18.3 Å². The topological polar surface area (TPSA) is 175 Å². The van der Waals surface area contributed by atoms with Crippen LogP contribution >= 0.6 is 11.6 Å². The molecule has 0 saturated carbocycles. The number of amides is 1. The van der Waals surface area contributed by atoms with Crippen LogP contribution < -0.4 is 24.6 Å². The number of fused-ring (bicyclic) bond motifs is 2. The number of aromatic amines is 1. The molecule has 2 saturated heterocycles. The summed E-state index contributed by atoms with van der Waals surface area (Å²) >= 11 is 6.22. The number of hydrogen-bond donors (Lipinski definition) is 3. The summed E-state index contributed by atoms with van der Waals surface area (Å²) in [5.41, 5.74) is 3.23. The molecule has 1 aliphatic carbocycles. The average Bonchev–Trinajstić information content (AvgIpc) is 3.80. The number of benzene rings is 3. The zero-order valence-corrected chi connectivity index (χ0v) is 40.7. The lowest BCUT2D eigenvalue weighted by Crippen LogP contribution is -2.47. The second-order valence-electron chi connectivity index (χ2n) is 19.3. The number of sulfonamides is 1. The van der Waals surface area contributed by atoms with Gasteiger partial charge in [0, 0.05) is 80.8 Å². The summed E-state index contributed by atoms with van der Waals surface area (Å²) in [4.78, 5) is 39.7. The number of nitro groups is 1. The number of nitrogens with zero attached hydrogens (tertiary/aromatic N) is 5. The van der Waals surface area contributed by atoms with Crippen molar-refractivity contribution >= 4 is 72.6 Å². The molecular weight excluding hydrogens is 949 g/mol. The molecule has 3 aromatic carbocycles. The van der Waals surface area contributed by atoms with Crippen molar-refractivity contribution in [2.75, 3.05) is 74.1 Å². The van der Waals surface area contributed by atoms with E-state index in [1.807, 2.05) is 54.3 Å². The molecule has 0 bridgehead atoms. The van der Waals surface area contributed by atoms with E-state index in [0.29, 0.717) is 99.7 Å². The Morgan fingerprint density at radius 2 is 1.71 bits per heavy atom. The molecule has 372 valence electrons. The highest BCUT2D eigenvalue weighted by molar-refractivity contribution is 7.90. The van der Waals surface area contributed by atoms with Crippen molar-refractivity contribution in [1.29, 1.82) is 0 Å². The first-order valence-corrected chi connectivity index (χ1v) is 25.4. The quantitative estimate of drug-likeness (QED) is 0.0753. The SMILES string of the molecule is C[C@@H]1CN(c2cc(N3CCN(CC4=C(c5ccc(Cl)cc5)CC[C@H](C(C)(C)C(F)(F)F)C4)CC3)ccc2C(=O)NS(=O)(=O)c2ccc(NCC3CCOCC3)c([N+](=O)[O-])c2)c2cc3cc[nH]c3nc2O1. The van der Waals surface area contributed by atoms with E-state index in [1.165, 1.54) is 26.0 Å². The molecule has 5 heterocycles. The van der Waals surface area contributed by atoms with Crippen molar-refractivity contribution in [2.24, 2.45) is 17.3 Å². The molecule has 2 fully saturated rings. The van der Waals surface area contributed by atoms with Crippen LogP contribution in [0.2, 0.25) is 5.02 Å². The van der Waals surface area contributed by atoms with E-state index >= 15 is 0 Å². The van der Waals surface area contributed by atoms with E-state index in [2.05, 4.69) is 24.8 Å². The van der Waals surface area contributed by atoms with Crippen LogP contribution in [0.15, 0.2) is 89.5 Å². The first kappa shape index (κ1) is 49.1. The Balaban J connectivity index is 0.987. The third-order valence-electron chi connectivity index (χ3n) is 14.4. The molecule has 4 aliphatic rings. The average molecular weight is 1010 g/mol. The first-order chi connectivity index (χ1) is 33.3. The molecule has 9 rings (SSSR count). The molecule has 2 aromatic heterocycles. The number of ether oxygens (including phenoxy) is 2. The maximum Gasteiger partial charge on any atom is 0.394 e. The Kier molecular flexibility index (Phi) is 13.8. The Morgan fingerprint density at radius 1 is 0.971 bits per heavy atom. The Labute approximate surface area is 409 Å². The smallest absolute Gasteiger partial charge is 0.394 e. The van der Waals surface area contributed by atoms with Gasteiger partial charge in [0.1, 0.15) is 23.1 Å². The van der Waals surface area contributed by atoms with Crippen LogP contribution in [-0.2, 0) is 14.8 Å². The van der Waals surface area contributed by atoms with Crippen LogP contribution in [0.3, 0.4) is 0 Å². The lowest BCUT2D eigenvalue weighted by molar-refractivity contribution is -0.384. The molecule has 1 amide bonds. The number of pyridine rings is 1. The minimum Gasteiger partial charge on any atom is -0.471 e. The van der Waals surface area contributed by atoms with Crippen molar-refractivity contribution in [3.05, 3.63) is 111 Å². The number of piperazine rings is 1. The first-order valence-electron chi connectivity index (χ1n) is 23.6. The molecule has 20 heteroatoms. The third-order valence-corrected chi connectivity index (χ3v) is 16.0. The number of nitro benzene ring substituents is 1. The van der Waals surface area contributed by atoms with Crippen molar-refractivity contribution in [3.8, 4) is 5.88 Å². The number of carbonyl (C=O) groups is 1. The van der Waals surface area contributed by atoms with Crippen LogP contribution in [0, 0.1) is 27.4 Å². The summed E-state index contributed by atoms with van der Waals surface area (Å²) < 4.78 is 84.8. The summed E-state index contributed by atoms with van der Waals surface area (Å²) in [6.07, 6.45) is -0.118. The maximum absolute atomic E-state index is 14.4. The number of carbonyl (C=O) groups excluding carboxylic acids is 1. The molecular formula is C50H56ClF3N8O7S. The molecule has 3 aliphatic heterocycles. The normalized spacial score (nSPS) is 19.8. The van der Waals surface area contributed by atoms with Crippen LogP contribution in [-0.4, -0.2) is 105 Å². The summed E-state index contributed by atoms with van der Waals surface area (Å²) in [7, 11) is -4.64. The summed E-state index contributed by atoms with van der Waals surface area (Å²) in [5.74, 6) is -0.962. The van der Waals surface area contributed by atoms with Crippen LogP contribution in [0.25, 0.3) is 16.6 Å². The van der Waals surface area contributed by atoms with Gasteiger partial charge in [-0.15, -0.1) is 0 Å². The van der Waals surface area contributed by atoms with Gasteiger partial charge in [0.25, 0.3) is 21.6 Å². The van der Waals surface area contributed by atoms with Gasteiger partial charge in [0.15, 0.2) is 0 Å². The summed E-state index contributed by atoms with van der Waals surface area (Å²) in [5, 5.41) is 16.7. The number of allylic oxidation sites excluding steroid dienone is 1.